The van der Waals surface area contributed by atoms with Crippen LogP contribution in [0.5, 0.6) is 11.5 Å². The van der Waals surface area contributed by atoms with Gasteiger partial charge in [0.1, 0.15) is 34.7 Å². The molecule has 0 aromatic heterocycles. The van der Waals surface area contributed by atoms with Crippen LogP contribution in [0.3, 0.4) is 0 Å². The van der Waals surface area contributed by atoms with Crippen molar-refractivity contribution < 1.29 is 107 Å². The molecule has 12 nitrogen and oxygen atoms in total. The molecule has 2 amide bonds. The van der Waals surface area contributed by atoms with E-state index in [0.29, 0.717) is 38.8 Å². The van der Waals surface area contributed by atoms with E-state index >= 15 is 0 Å². The van der Waals surface area contributed by atoms with Crippen LogP contribution in [-0.2, 0) is 44.9 Å². The molecule has 0 atom stereocenters. The molecular formula is C42H33AcF6N4O8S2-. The first-order valence-corrected chi connectivity index (χ1v) is 19.9. The maximum absolute atomic E-state index is 12.6. The first-order valence-electron chi connectivity index (χ1n) is 17.7. The van der Waals surface area contributed by atoms with Crippen LogP contribution in [-0.4, -0.2) is 20.2 Å². The number of para-hydroxylation sites is 2. The molecule has 0 aliphatic carbocycles. The van der Waals surface area contributed by atoms with Crippen molar-refractivity contribution in [3.05, 3.63) is 184 Å². The number of nitrogens with two attached hydrogens (primary N) is 1. The van der Waals surface area contributed by atoms with Crippen molar-refractivity contribution >= 4 is 45.3 Å². The summed E-state index contributed by atoms with van der Waals surface area (Å²) in [6.45, 7) is 0.0439. The van der Waals surface area contributed by atoms with Gasteiger partial charge in [0.25, 0.3) is 11.8 Å². The summed E-state index contributed by atoms with van der Waals surface area (Å²) >= 11 is 0.839. The number of carbonyl (C=O) groups is 2. The standard InChI is InChI=1S/2C21H17F3N2O4S.Ac/c22-21(23,24)16-10-8-14(9-11-16)13-30-17-5-3-4-15(12-17)20(27)26-18-6-1-2-7-19(18)31(25,28)29;22-21(23,24)16-10-8-14(9-11-16)13-28-17-5-3-4-15(12-17)20(27)26-18-6-1-2-7-19(18)31-30-29-25;/h1-12H,13H2,(H3,25,26,27,28,29);1-12H,13,25H2,(H,26,27);/p-1. The third-order valence-corrected chi connectivity index (χ3v) is 9.91. The molecule has 327 valence electrons. The van der Waals surface area contributed by atoms with Crippen LogP contribution in [0.1, 0.15) is 43.0 Å². The van der Waals surface area contributed by atoms with E-state index in [1.165, 1.54) is 66.7 Å². The maximum Gasteiger partial charge on any atom is 0.416 e. The third kappa shape index (κ3) is 15.7. The van der Waals surface area contributed by atoms with E-state index < -0.39 is 39.4 Å². The Hall–Kier alpha value is -4.98. The number of nitrogens with one attached hydrogen (secondary N) is 3. The van der Waals surface area contributed by atoms with E-state index in [1.54, 1.807) is 54.6 Å². The van der Waals surface area contributed by atoms with Gasteiger partial charge in [-0.05, 0) is 96.1 Å². The van der Waals surface area contributed by atoms with Gasteiger partial charge in [0.15, 0.2) is 0 Å². The summed E-state index contributed by atoms with van der Waals surface area (Å²) in [4.78, 5) is 29.5. The fourth-order valence-corrected chi connectivity index (χ4v) is 6.38. The zero-order valence-electron chi connectivity index (χ0n) is 32.3. The molecule has 6 aromatic carbocycles. The van der Waals surface area contributed by atoms with Crippen molar-refractivity contribution in [1.29, 1.82) is 0 Å². The quantitative estimate of drug-likeness (QED) is 0.0411. The number of halogens is 6. The number of hydrogen-bond donors (Lipinski definition) is 3. The van der Waals surface area contributed by atoms with Crippen LogP contribution in [0.15, 0.2) is 155 Å². The average Bonchev–Trinajstić information content (AvgIpc) is 3.24. The maximum atomic E-state index is 12.6. The van der Waals surface area contributed by atoms with E-state index in [1.807, 2.05) is 0 Å². The molecule has 0 heterocycles. The Kier molecular flexibility index (Phi) is 18.6. The van der Waals surface area contributed by atoms with E-state index in [0.717, 1.165) is 36.3 Å². The van der Waals surface area contributed by atoms with Gasteiger partial charge in [0, 0.05) is 55.2 Å². The zero-order chi connectivity index (χ0) is 44.9. The minimum atomic E-state index is -4.42. The van der Waals surface area contributed by atoms with Gasteiger partial charge in [-0.2, -0.15) is 32.2 Å². The summed E-state index contributed by atoms with van der Waals surface area (Å²) in [5, 5.41) is 12.4. The van der Waals surface area contributed by atoms with Gasteiger partial charge in [0.2, 0.25) is 0 Å². The Bertz CT molecular complexity index is 2590. The van der Waals surface area contributed by atoms with Crippen molar-refractivity contribution in [3.63, 3.8) is 0 Å². The molecule has 6 aromatic rings. The SMILES string of the molecule is NOOSc1ccccc1NC(=O)c1cccc(OCc2ccc(C(F)(F)F)cc2)c1.[Ac].[NH-]S(=O)(=O)c1ccccc1NC(=O)c1cccc(OCc2ccc(C(F)(F)F)cc2)c1. The molecule has 5 N–H and O–H groups in total. The molecule has 1 radical (unpaired) electrons. The van der Waals surface area contributed by atoms with Crippen molar-refractivity contribution in [1.82, 2.24) is 0 Å². The van der Waals surface area contributed by atoms with Gasteiger partial charge in [-0.15, -0.1) is 9.32 Å². The van der Waals surface area contributed by atoms with Gasteiger partial charge in [0.05, 0.1) is 44.3 Å². The molecule has 21 heteroatoms. The number of anilines is 2. The number of amides is 2. The van der Waals surface area contributed by atoms with E-state index in [-0.39, 0.29) is 79.3 Å². The topological polar surface area (TPSA) is 179 Å². The van der Waals surface area contributed by atoms with Crippen LogP contribution in [0, 0.1) is 44.1 Å². The summed E-state index contributed by atoms with van der Waals surface area (Å²) in [7, 11) is -4.28. The minimum Gasteiger partial charge on any atom is -0.560 e. The van der Waals surface area contributed by atoms with Gasteiger partial charge >= 0.3 is 12.4 Å². The first kappa shape index (κ1) is 50.7. The molecule has 0 aliphatic heterocycles. The molecule has 63 heavy (non-hydrogen) atoms. The Balaban J connectivity index is 0.000000272. The Morgan fingerprint density at radius 2 is 1.03 bits per heavy atom. The Labute approximate surface area is 396 Å². The number of benzene rings is 6. The molecule has 0 spiro atoms. The second-order valence-corrected chi connectivity index (χ2v) is 14.9. The summed E-state index contributed by atoms with van der Waals surface area (Å²) in [5.74, 6) is 4.53. The average molecular weight is 1130 g/mol. The summed E-state index contributed by atoms with van der Waals surface area (Å²) in [6.07, 6.45) is -8.80. The van der Waals surface area contributed by atoms with Crippen molar-refractivity contribution in [2.24, 2.45) is 5.90 Å². The molecule has 0 bridgehead atoms. The number of alkyl halides is 6. The van der Waals surface area contributed by atoms with Gasteiger partial charge < -0.3 is 25.2 Å². The summed E-state index contributed by atoms with van der Waals surface area (Å²) in [5.41, 5.74) is 0.557. The van der Waals surface area contributed by atoms with Gasteiger partial charge in [-0.25, -0.2) is 8.42 Å². The van der Waals surface area contributed by atoms with Crippen LogP contribution < -0.4 is 26.0 Å². The van der Waals surface area contributed by atoms with E-state index in [2.05, 4.69) is 20.0 Å². The number of carbonyl (C=O) groups excluding carboxylic acids is 2. The number of rotatable bonds is 14. The van der Waals surface area contributed by atoms with Crippen LogP contribution >= 0.6 is 12.0 Å². The molecule has 0 fully saturated rings. The normalized spacial score (nSPS) is 11.3. The zero-order valence-corrected chi connectivity index (χ0v) is 38.7. The predicted octanol–water partition coefficient (Wildman–Crippen LogP) is 10.6. The van der Waals surface area contributed by atoms with E-state index in [4.69, 9.17) is 20.5 Å². The predicted molar refractivity (Wildman–Crippen MR) is 217 cm³/mol. The Morgan fingerprint density at radius 3 is 1.48 bits per heavy atom. The summed E-state index contributed by atoms with van der Waals surface area (Å²) in [6, 6.07) is 34.1. The fourth-order valence-electron chi connectivity index (χ4n) is 5.26. The molecule has 0 unspecified atom stereocenters. The van der Waals surface area contributed by atoms with Crippen molar-refractivity contribution in [2.45, 2.75) is 35.4 Å². The van der Waals surface area contributed by atoms with Gasteiger partial charge in [-0.1, -0.05) is 60.7 Å². The number of hydrogen-bond acceptors (Lipinski definition) is 10. The molecule has 0 aliphatic rings. The fraction of sp³-hybridized carbons (Fsp3) is 0.0952. The van der Waals surface area contributed by atoms with E-state index in [9.17, 15) is 44.3 Å². The van der Waals surface area contributed by atoms with Crippen LogP contribution in [0.25, 0.3) is 5.14 Å². The smallest absolute Gasteiger partial charge is 0.416 e. The van der Waals surface area contributed by atoms with Crippen LogP contribution in [0.2, 0.25) is 0 Å². The van der Waals surface area contributed by atoms with Gasteiger partial charge in [-0.3, -0.25) is 9.59 Å². The molecule has 0 saturated heterocycles. The van der Waals surface area contributed by atoms with Crippen LogP contribution in [0.4, 0.5) is 37.7 Å². The molecule has 6 rings (SSSR count). The number of ether oxygens (including phenoxy) is 2. The van der Waals surface area contributed by atoms with Crippen molar-refractivity contribution in [3.8, 4) is 11.5 Å². The third-order valence-electron chi connectivity index (χ3n) is 8.29. The van der Waals surface area contributed by atoms with Crippen molar-refractivity contribution in [2.75, 3.05) is 10.6 Å². The monoisotopic (exact) mass is 1130 g/mol. The molecular weight excluding hydrogens is 1090 g/mol. The second kappa shape index (κ2) is 23.1. The molecule has 0 saturated carbocycles. The largest absolute Gasteiger partial charge is 0.560 e. The number of sulfonamides is 1. The summed E-state index contributed by atoms with van der Waals surface area (Å²) < 4.78 is 115. The first-order chi connectivity index (χ1) is 29.4. The second-order valence-electron chi connectivity index (χ2n) is 12.7. The minimum absolute atomic E-state index is 0. The Morgan fingerprint density at radius 1 is 0.603 bits per heavy atom.